The van der Waals surface area contributed by atoms with E-state index in [0.29, 0.717) is 39.9 Å². The molecule has 0 aromatic carbocycles. The molecule has 0 saturated heterocycles. The van der Waals surface area contributed by atoms with Crippen molar-refractivity contribution in [2.45, 2.75) is 126 Å². The van der Waals surface area contributed by atoms with Crippen molar-refractivity contribution in [3.63, 3.8) is 0 Å². The van der Waals surface area contributed by atoms with Crippen LogP contribution in [-0.4, -0.2) is 11.1 Å². The fourth-order valence-electron chi connectivity index (χ4n) is 11.5. The van der Waals surface area contributed by atoms with Crippen LogP contribution in [0.4, 0.5) is 0 Å². The Morgan fingerprint density at radius 1 is 0.853 bits per heavy atom. The number of fused-ring (bicyclic) bond motifs is 6. The molecule has 5 aliphatic carbocycles. The number of carboxylic acid groups (broad SMARTS) is 1. The van der Waals surface area contributed by atoms with Gasteiger partial charge in [0.1, 0.15) is 0 Å². The smallest absolute Gasteiger partial charge is 0.303 e. The van der Waals surface area contributed by atoms with E-state index < -0.39 is 5.97 Å². The predicted octanol–water partition coefficient (Wildman–Crippen LogP) is 8.90. The Morgan fingerprint density at radius 3 is 2.24 bits per heavy atom. The normalized spacial score (nSPS) is 52.2. The van der Waals surface area contributed by atoms with Crippen molar-refractivity contribution in [2.75, 3.05) is 0 Å². The van der Waals surface area contributed by atoms with Gasteiger partial charge in [-0.15, -0.1) is 0 Å². The second-order valence-electron chi connectivity index (χ2n) is 15.4. The second-order valence-corrected chi connectivity index (χ2v) is 15.4. The van der Waals surface area contributed by atoms with Gasteiger partial charge < -0.3 is 5.11 Å². The van der Waals surface area contributed by atoms with Crippen LogP contribution in [0.25, 0.3) is 0 Å². The second kappa shape index (κ2) is 7.61. The number of hydrogen-bond donors (Lipinski definition) is 1. The van der Waals surface area contributed by atoms with Gasteiger partial charge >= 0.3 is 5.97 Å². The molecule has 4 fully saturated rings. The molecule has 0 aromatic heterocycles. The van der Waals surface area contributed by atoms with Crippen LogP contribution in [0.3, 0.4) is 0 Å². The SMILES string of the molecule is C[C@@H]1CC[C@]2(C)CC[C@]3(C)C(=C2[C@H]1C)CC[C@@H]1[C@@]2(C)CC[C@H](CC(=O)O)C(C)(C)C2CC[C@]13C. The van der Waals surface area contributed by atoms with E-state index in [1.165, 1.54) is 57.8 Å². The lowest BCUT2D eigenvalue weighted by atomic mass is 9.33. The lowest BCUT2D eigenvalue weighted by Gasteiger charge is -2.71. The predicted molar refractivity (Wildman–Crippen MR) is 140 cm³/mol. The number of rotatable bonds is 2. The quantitative estimate of drug-likeness (QED) is 0.411. The summed E-state index contributed by atoms with van der Waals surface area (Å²) in [6.07, 6.45) is 13.5. The standard InChI is InChI=1S/C32H52O2/c1-20-11-14-29(5)17-18-31(7)23(27(29)21(20)2)9-10-25-30(6)15-12-22(19-26(33)34)28(3,4)24(30)13-16-32(25,31)8/h20-22,24-25H,9-19H2,1-8H3,(H,33,34)/t20-,21+,22-,24?,25-,29-,30+,31-,32-/m1/s1. The van der Waals surface area contributed by atoms with Crippen molar-refractivity contribution in [1.29, 1.82) is 0 Å². The monoisotopic (exact) mass is 468 g/mol. The Labute approximate surface area is 209 Å². The minimum atomic E-state index is -0.607. The number of carbonyl (C=O) groups is 1. The van der Waals surface area contributed by atoms with Crippen LogP contribution < -0.4 is 0 Å². The van der Waals surface area contributed by atoms with Crippen LogP contribution in [0.5, 0.6) is 0 Å². The van der Waals surface area contributed by atoms with E-state index in [-0.39, 0.29) is 5.41 Å². The highest BCUT2D eigenvalue weighted by Crippen LogP contribution is 2.76. The van der Waals surface area contributed by atoms with Crippen LogP contribution in [0.2, 0.25) is 0 Å². The van der Waals surface area contributed by atoms with E-state index in [1.807, 2.05) is 11.1 Å². The zero-order valence-electron chi connectivity index (χ0n) is 23.5. The largest absolute Gasteiger partial charge is 0.481 e. The molecule has 2 heteroatoms. The maximum atomic E-state index is 11.7. The van der Waals surface area contributed by atoms with E-state index in [9.17, 15) is 9.90 Å². The van der Waals surface area contributed by atoms with E-state index in [1.54, 1.807) is 0 Å². The summed E-state index contributed by atoms with van der Waals surface area (Å²) in [7, 11) is 0. The van der Waals surface area contributed by atoms with Gasteiger partial charge in [-0.3, -0.25) is 4.79 Å². The summed E-state index contributed by atoms with van der Waals surface area (Å²) >= 11 is 0. The Kier molecular flexibility index (Phi) is 5.57. The van der Waals surface area contributed by atoms with Crippen molar-refractivity contribution in [2.24, 2.45) is 56.7 Å². The molecule has 0 aromatic rings. The lowest BCUT2D eigenvalue weighted by molar-refractivity contribution is -0.195. The molecule has 4 saturated carbocycles. The summed E-state index contributed by atoms with van der Waals surface area (Å²) in [5, 5.41) is 9.60. The first-order chi connectivity index (χ1) is 15.7. The van der Waals surface area contributed by atoms with Gasteiger partial charge in [-0.1, -0.05) is 66.5 Å². The fourth-order valence-corrected chi connectivity index (χ4v) is 11.5. The summed E-state index contributed by atoms with van der Waals surface area (Å²) in [5.41, 5.74) is 5.42. The molecule has 0 bridgehead atoms. The first-order valence-electron chi connectivity index (χ1n) is 14.7. The first-order valence-corrected chi connectivity index (χ1v) is 14.7. The van der Waals surface area contributed by atoms with E-state index >= 15 is 0 Å². The number of hydrogen-bond acceptors (Lipinski definition) is 1. The third kappa shape index (κ3) is 3.08. The van der Waals surface area contributed by atoms with Crippen LogP contribution in [0.1, 0.15) is 126 Å². The van der Waals surface area contributed by atoms with Crippen molar-refractivity contribution in [3.8, 4) is 0 Å². The third-order valence-electron chi connectivity index (χ3n) is 13.9. The van der Waals surface area contributed by atoms with Crippen LogP contribution in [0, 0.1) is 56.7 Å². The summed E-state index contributed by atoms with van der Waals surface area (Å²) in [6, 6.07) is 0. The maximum Gasteiger partial charge on any atom is 0.303 e. The molecular formula is C32H52O2. The number of aliphatic carboxylic acids is 1. The van der Waals surface area contributed by atoms with Gasteiger partial charge in [-0.05, 0) is 121 Å². The molecule has 2 nitrogen and oxygen atoms in total. The van der Waals surface area contributed by atoms with E-state index in [0.717, 1.165) is 24.2 Å². The zero-order chi connectivity index (χ0) is 24.9. The van der Waals surface area contributed by atoms with Crippen molar-refractivity contribution >= 4 is 5.97 Å². The molecule has 192 valence electrons. The highest BCUT2D eigenvalue weighted by Gasteiger charge is 2.67. The zero-order valence-corrected chi connectivity index (χ0v) is 23.5. The molecule has 34 heavy (non-hydrogen) atoms. The summed E-state index contributed by atoms with van der Waals surface area (Å²) in [5.74, 6) is 2.69. The molecular weight excluding hydrogens is 416 g/mol. The molecule has 5 rings (SSSR count). The highest BCUT2D eigenvalue weighted by molar-refractivity contribution is 5.67. The lowest BCUT2D eigenvalue weighted by Crippen LogP contribution is -2.63. The molecule has 0 aliphatic heterocycles. The van der Waals surface area contributed by atoms with Gasteiger partial charge in [0.15, 0.2) is 0 Å². The van der Waals surface area contributed by atoms with Crippen LogP contribution >= 0.6 is 0 Å². The third-order valence-corrected chi connectivity index (χ3v) is 13.9. The van der Waals surface area contributed by atoms with E-state index in [4.69, 9.17) is 0 Å². The van der Waals surface area contributed by atoms with Gasteiger partial charge in [0.05, 0.1) is 0 Å². The highest BCUT2D eigenvalue weighted by atomic mass is 16.4. The van der Waals surface area contributed by atoms with Gasteiger partial charge in [0.2, 0.25) is 0 Å². The molecule has 0 radical (unpaired) electrons. The van der Waals surface area contributed by atoms with Crippen molar-refractivity contribution < 1.29 is 9.90 Å². The Bertz CT molecular complexity index is 899. The summed E-state index contributed by atoms with van der Waals surface area (Å²) < 4.78 is 0. The molecule has 0 spiro atoms. The molecule has 5 aliphatic rings. The Hall–Kier alpha value is -0.790. The van der Waals surface area contributed by atoms with Crippen molar-refractivity contribution in [3.05, 3.63) is 11.1 Å². The molecule has 1 unspecified atom stereocenters. The fraction of sp³-hybridized carbons (Fsp3) is 0.906. The van der Waals surface area contributed by atoms with Gasteiger partial charge in [-0.2, -0.15) is 0 Å². The molecule has 0 amide bonds. The number of carboxylic acids is 1. The minimum Gasteiger partial charge on any atom is -0.481 e. The Balaban J connectivity index is 1.55. The van der Waals surface area contributed by atoms with Crippen LogP contribution in [-0.2, 0) is 4.79 Å². The molecule has 0 heterocycles. The Morgan fingerprint density at radius 2 is 1.56 bits per heavy atom. The van der Waals surface area contributed by atoms with Gasteiger partial charge in [0.25, 0.3) is 0 Å². The average molecular weight is 469 g/mol. The topological polar surface area (TPSA) is 37.3 Å². The first kappa shape index (κ1) is 24.9. The van der Waals surface area contributed by atoms with Gasteiger partial charge in [0, 0.05) is 6.42 Å². The minimum absolute atomic E-state index is 0.116. The van der Waals surface area contributed by atoms with Crippen molar-refractivity contribution in [1.82, 2.24) is 0 Å². The average Bonchev–Trinajstić information content (AvgIpc) is 2.74. The van der Waals surface area contributed by atoms with Gasteiger partial charge in [-0.25, -0.2) is 0 Å². The number of allylic oxidation sites excluding steroid dienone is 2. The maximum absolute atomic E-state index is 11.7. The van der Waals surface area contributed by atoms with E-state index in [2.05, 4.69) is 55.4 Å². The summed E-state index contributed by atoms with van der Waals surface area (Å²) in [4.78, 5) is 11.7. The summed E-state index contributed by atoms with van der Waals surface area (Å²) in [6.45, 7) is 20.5. The van der Waals surface area contributed by atoms with Crippen LogP contribution in [0.15, 0.2) is 11.1 Å². The molecule has 9 atom stereocenters. The molecule has 1 N–H and O–H groups in total.